The van der Waals surface area contributed by atoms with Gasteiger partial charge in [-0.1, -0.05) is 12.1 Å². The third-order valence-corrected chi connectivity index (χ3v) is 2.95. The smallest absolute Gasteiger partial charge is 0.422 e. The molecule has 0 aliphatic carbocycles. The molecular formula is C17H13F3N2O2. The first-order valence-electron chi connectivity index (χ1n) is 6.84. The van der Waals surface area contributed by atoms with Gasteiger partial charge < -0.3 is 9.47 Å². The Morgan fingerprint density at radius 3 is 2.62 bits per heavy atom. The number of rotatable bonds is 5. The van der Waals surface area contributed by atoms with Crippen molar-refractivity contribution in [3.05, 3.63) is 53.9 Å². The summed E-state index contributed by atoms with van der Waals surface area (Å²) >= 11 is 0. The Morgan fingerprint density at radius 1 is 1.25 bits per heavy atom. The maximum absolute atomic E-state index is 12.2. The molecule has 0 N–H and O–H groups in total. The molecule has 0 aliphatic rings. The van der Waals surface area contributed by atoms with Gasteiger partial charge in [0.2, 0.25) is 0 Å². The van der Waals surface area contributed by atoms with Gasteiger partial charge in [-0.2, -0.15) is 18.4 Å². The number of nitrogens with zero attached hydrogens (tertiary/aromatic N) is 2. The molecule has 0 saturated carbocycles. The number of alkyl halides is 3. The summed E-state index contributed by atoms with van der Waals surface area (Å²) in [4.78, 5) is 4.09. The van der Waals surface area contributed by atoms with Gasteiger partial charge in [0.25, 0.3) is 0 Å². The van der Waals surface area contributed by atoms with Crippen molar-refractivity contribution in [2.24, 2.45) is 0 Å². The molecule has 0 spiro atoms. The zero-order chi connectivity index (χ0) is 17.6. The van der Waals surface area contributed by atoms with Crippen molar-refractivity contribution in [3.8, 4) is 17.6 Å². The van der Waals surface area contributed by atoms with Crippen molar-refractivity contribution in [1.82, 2.24) is 4.98 Å². The third-order valence-electron chi connectivity index (χ3n) is 2.95. The molecule has 0 fully saturated rings. The number of nitriles is 1. The van der Waals surface area contributed by atoms with E-state index in [2.05, 4.69) is 4.98 Å². The summed E-state index contributed by atoms with van der Waals surface area (Å²) in [5, 5.41) is 9.26. The van der Waals surface area contributed by atoms with Gasteiger partial charge in [-0.15, -0.1) is 0 Å². The van der Waals surface area contributed by atoms with Crippen molar-refractivity contribution >= 4 is 11.6 Å². The van der Waals surface area contributed by atoms with Gasteiger partial charge in [-0.25, -0.2) is 0 Å². The average molecular weight is 334 g/mol. The van der Waals surface area contributed by atoms with E-state index in [-0.39, 0.29) is 11.5 Å². The van der Waals surface area contributed by atoms with Crippen LogP contribution in [0.4, 0.5) is 13.2 Å². The van der Waals surface area contributed by atoms with Crippen LogP contribution < -0.4 is 9.47 Å². The van der Waals surface area contributed by atoms with Crippen LogP contribution in [0.15, 0.2) is 42.6 Å². The number of allylic oxidation sites excluding steroid dienone is 1. The monoisotopic (exact) mass is 334 g/mol. The minimum absolute atomic E-state index is 0.0247. The molecule has 0 saturated heterocycles. The van der Waals surface area contributed by atoms with E-state index < -0.39 is 12.8 Å². The summed E-state index contributed by atoms with van der Waals surface area (Å²) in [5.41, 5.74) is 1.39. The van der Waals surface area contributed by atoms with Crippen molar-refractivity contribution in [2.75, 3.05) is 13.7 Å². The van der Waals surface area contributed by atoms with Crippen molar-refractivity contribution in [3.63, 3.8) is 0 Å². The third kappa shape index (κ3) is 4.74. The topological polar surface area (TPSA) is 55.1 Å². The molecule has 1 aromatic carbocycles. The quantitative estimate of drug-likeness (QED) is 0.773. The van der Waals surface area contributed by atoms with Crippen LogP contribution in [0.2, 0.25) is 0 Å². The molecule has 1 heterocycles. The van der Waals surface area contributed by atoms with Crippen LogP contribution in [0, 0.1) is 11.3 Å². The molecule has 0 radical (unpaired) electrons. The average Bonchev–Trinajstić information content (AvgIpc) is 2.58. The molecule has 0 atom stereocenters. The highest BCUT2D eigenvalue weighted by atomic mass is 19.4. The largest absolute Gasteiger partial charge is 0.493 e. The highest BCUT2D eigenvalue weighted by Crippen LogP contribution is 2.31. The Balaban J connectivity index is 2.29. The fourth-order valence-corrected chi connectivity index (χ4v) is 1.91. The van der Waals surface area contributed by atoms with E-state index in [0.717, 1.165) is 0 Å². The van der Waals surface area contributed by atoms with E-state index in [1.165, 1.54) is 25.3 Å². The molecule has 1 aromatic heterocycles. The summed E-state index contributed by atoms with van der Waals surface area (Å²) in [6.45, 7) is -1.41. The van der Waals surface area contributed by atoms with E-state index in [0.29, 0.717) is 16.8 Å². The van der Waals surface area contributed by atoms with E-state index in [1.807, 2.05) is 6.07 Å². The minimum Gasteiger partial charge on any atom is -0.493 e. The lowest BCUT2D eigenvalue weighted by Gasteiger charge is -2.13. The first kappa shape index (κ1) is 17.3. The van der Waals surface area contributed by atoms with E-state index in [4.69, 9.17) is 9.47 Å². The molecule has 124 valence electrons. The van der Waals surface area contributed by atoms with Crippen LogP contribution >= 0.6 is 0 Å². The molecule has 0 amide bonds. The number of pyridine rings is 1. The first-order chi connectivity index (χ1) is 11.4. The van der Waals surface area contributed by atoms with Gasteiger partial charge in [0, 0.05) is 6.20 Å². The van der Waals surface area contributed by atoms with Gasteiger partial charge in [-0.05, 0) is 35.9 Å². The second-order valence-electron chi connectivity index (χ2n) is 4.70. The number of benzene rings is 1. The maximum Gasteiger partial charge on any atom is 0.422 e. The molecule has 0 bridgehead atoms. The Labute approximate surface area is 136 Å². The summed E-state index contributed by atoms with van der Waals surface area (Å²) in [5.74, 6) is 0.120. The second kappa shape index (κ2) is 7.51. The minimum atomic E-state index is -4.43. The van der Waals surface area contributed by atoms with Crippen molar-refractivity contribution in [2.45, 2.75) is 6.18 Å². The van der Waals surface area contributed by atoms with Crippen LogP contribution in [0.25, 0.3) is 11.6 Å². The zero-order valence-corrected chi connectivity index (χ0v) is 12.7. The van der Waals surface area contributed by atoms with Gasteiger partial charge in [-0.3, -0.25) is 4.98 Å². The number of methoxy groups -OCH3 is 1. The van der Waals surface area contributed by atoms with Crippen LogP contribution in [-0.4, -0.2) is 24.9 Å². The van der Waals surface area contributed by atoms with Crippen molar-refractivity contribution in [1.29, 1.82) is 5.26 Å². The lowest BCUT2D eigenvalue weighted by atomic mass is 10.1. The van der Waals surface area contributed by atoms with Crippen LogP contribution in [0.1, 0.15) is 11.3 Å². The summed E-state index contributed by atoms with van der Waals surface area (Å²) < 4.78 is 46.5. The highest BCUT2D eigenvalue weighted by molar-refractivity contribution is 5.88. The molecule has 0 aliphatic heterocycles. The molecule has 0 unspecified atom stereocenters. The van der Waals surface area contributed by atoms with Gasteiger partial charge in [0.05, 0.1) is 18.4 Å². The standard InChI is InChI=1S/C17H13F3N2O2/c1-23-16-9-12(5-6-15(16)24-11-17(18,19)20)8-13(10-21)14-4-2-3-7-22-14/h2-9H,11H2,1H3/b13-8-. The number of hydrogen-bond acceptors (Lipinski definition) is 4. The maximum atomic E-state index is 12.2. The Bertz CT molecular complexity index is 766. The Morgan fingerprint density at radius 2 is 2.04 bits per heavy atom. The molecule has 24 heavy (non-hydrogen) atoms. The normalized spacial score (nSPS) is 11.7. The van der Waals surface area contributed by atoms with E-state index in [1.54, 1.807) is 30.5 Å². The first-order valence-corrected chi connectivity index (χ1v) is 6.84. The van der Waals surface area contributed by atoms with Gasteiger partial charge in [0.1, 0.15) is 6.07 Å². The van der Waals surface area contributed by atoms with Crippen LogP contribution in [0.3, 0.4) is 0 Å². The predicted molar refractivity (Wildman–Crippen MR) is 82.3 cm³/mol. The Kier molecular flexibility index (Phi) is 5.42. The fraction of sp³-hybridized carbons (Fsp3) is 0.176. The number of halogens is 3. The van der Waals surface area contributed by atoms with Crippen LogP contribution in [-0.2, 0) is 0 Å². The summed E-state index contributed by atoms with van der Waals surface area (Å²) in [6.07, 6.45) is -1.30. The lowest BCUT2D eigenvalue weighted by Crippen LogP contribution is -2.19. The predicted octanol–water partition coefficient (Wildman–Crippen LogP) is 4.10. The zero-order valence-electron chi connectivity index (χ0n) is 12.7. The van der Waals surface area contributed by atoms with Gasteiger partial charge >= 0.3 is 6.18 Å². The number of ether oxygens (including phenoxy) is 2. The molecule has 7 heteroatoms. The molecule has 2 aromatic rings. The Hall–Kier alpha value is -3.01. The highest BCUT2D eigenvalue weighted by Gasteiger charge is 2.29. The van der Waals surface area contributed by atoms with E-state index >= 15 is 0 Å². The van der Waals surface area contributed by atoms with Crippen LogP contribution in [0.5, 0.6) is 11.5 Å². The molecule has 2 rings (SSSR count). The summed E-state index contributed by atoms with van der Waals surface area (Å²) in [7, 11) is 1.33. The number of aromatic nitrogens is 1. The SMILES string of the molecule is COc1cc(/C=C(/C#N)c2ccccn2)ccc1OCC(F)(F)F. The molecular weight excluding hydrogens is 321 g/mol. The van der Waals surface area contributed by atoms with E-state index in [9.17, 15) is 18.4 Å². The molecule has 4 nitrogen and oxygen atoms in total. The van der Waals surface area contributed by atoms with Crippen molar-refractivity contribution < 1.29 is 22.6 Å². The fourth-order valence-electron chi connectivity index (χ4n) is 1.91. The second-order valence-corrected chi connectivity index (χ2v) is 4.70. The van der Waals surface area contributed by atoms with Gasteiger partial charge in [0.15, 0.2) is 18.1 Å². The lowest BCUT2D eigenvalue weighted by molar-refractivity contribution is -0.153. The summed E-state index contributed by atoms with van der Waals surface area (Å²) in [6, 6.07) is 11.6. The number of hydrogen-bond donors (Lipinski definition) is 0.